The van der Waals surface area contributed by atoms with Gasteiger partial charge in [-0.3, -0.25) is 13.7 Å². The summed E-state index contributed by atoms with van der Waals surface area (Å²) in [5, 5.41) is 0.885. The van der Waals surface area contributed by atoms with Crippen LogP contribution in [0.4, 0.5) is 5.69 Å². The summed E-state index contributed by atoms with van der Waals surface area (Å²) < 4.78 is 37.7. The zero-order valence-corrected chi connectivity index (χ0v) is 17.6. The fraction of sp³-hybridized carbons (Fsp3) is 0.200. The topological polar surface area (TPSA) is 94.9 Å². The van der Waals surface area contributed by atoms with Gasteiger partial charge in [0.2, 0.25) is 10.0 Å². The Morgan fingerprint density at radius 2 is 1.93 bits per heavy atom. The van der Waals surface area contributed by atoms with E-state index in [4.69, 9.17) is 21.1 Å². The average Bonchev–Trinajstić information content (AvgIpc) is 3.11. The summed E-state index contributed by atoms with van der Waals surface area (Å²) >= 11 is 6.01. The highest BCUT2D eigenvalue weighted by molar-refractivity contribution is 7.92. The average molecular weight is 449 g/mol. The number of hydrogen-bond acceptors (Lipinski definition) is 6. The van der Waals surface area contributed by atoms with Gasteiger partial charge in [0.25, 0.3) is 5.91 Å². The standard InChI is InChI=1S/C20H17ClN2O6S/c1-28-20(25)14-10-22(15-6-4-3-5-13(14)15)19(24)18-11-23(30(2,26)27)16-9-12(21)7-8-17(16)29-18/h3-10,18H,11H2,1-2H3/t18-/m1/s1. The predicted octanol–water partition coefficient (Wildman–Crippen LogP) is 2.95. The van der Waals surface area contributed by atoms with Crippen LogP contribution in [0.5, 0.6) is 5.75 Å². The number of fused-ring (bicyclic) bond motifs is 2. The zero-order chi connectivity index (χ0) is 21.6. The van der Waals surface area contributed by atoms with Crippen LogP contribution in [-0.2, 0) is 14.8 Å². The van der Waals surface area contributed by atoms with Crippen LogP contribution in [-0.4, -0.2) is 50.9 Å². The number of rotatable bonds is 3. The van der Waals surface area contributed by atoms with Crippen LogP contribution in [0.15, 0.2) is 48.7 Å². The third kappa shape index (κ3) is 3.40. The number of para-hydroxylation sites is 1. The summed E-state index contributed by atoms with van der Waals surface area (Å²) in [4.78, 5) is 25.5. The summed E-state index contributed by atoms with van der Waals surface area (Å²) in [6, 6.07) is 11.4. The molecule has 0 saturated carbocycles. The van der Waals surface area contributed by atoms with E-state index < -0.39 is 28.0 Å². The van der Waals surface area contributed by atoms with Crippen molar-refractivity contribution in [1.82, 2.24) is 4.57 Å². The van der Waals surface area contributed by atoms with E-state index in [2.05, 4.69) is 0 Å². The van der Waals surface area contributed by atoms with Crippen molar-refractivity contribution in [3.8, 4) is 5.75 Å². The molecule has 2 heterocycles. The maximum Gasteiger partial charge on any atom is 0.340 e. The van der Waals surface area contributed by atoms with Gasteiger partial charge in [-0.25, -0.2) is 13.2 Å². The van der Waals surface area contributed by atoms with Crippen LogP contribution < -0.4 is 9.04 Å². The molecule has 3 aromatic rings. The molecular formula is C20H17ClN2O6S. The van der Waals surface area contributed by atoms with E-state index in [1.165, 1.54) is 30.0 Å². The molecule has 10 heteroatoms. The quantitative estimate of drug-likeness (QED) is 0.572. The van der Waals surface area contributed by atoms with Crippen molar-refractivity contribution in [2.45, 2.75) is 6.10 Å². The van der Waals surface area contributed by atoms with E-state index in [-0.39, 0.29) is 23.5 Å². The third-order valence-corrected chi connectivity index (χ3v) is 6.20. The number of carbonyl (C=O) groups excluding carboxylic acids is 2. The minimum Gasteiger partial charge on any atom is -0.476 e. The summed E-state index contributed by atoms with van der Waals surface area (Å²) in [6.07, 6.45) is 1.30. The summed E-state index contributed by atoms with van der Waals surface area (Å²) in [5.41, 5.74) is 0.977. The highest BCUT2D eigenvalue weighted by atomic mass is 35.5. The Bertz CT molecular complexity index is 1280. The molecule has 0 radical (unpaired) electrons. The van der Waals surface area contributed by atoms with Gasteiger partial charge in [-0.2, -0.15) is 0 Å². The SMILES string of the molecule is COC(=O)c1cn(C(=O)[C@H]2CN(S(C)(=O)=O)c3cc(Cl)ccc3O2)c2ccccc12. The zero-order valence-electron chi connectivity index (χ0n) is 16.0. The third-order valence-electron chi connectivity index (χ3n) is 4.82. The predicted molar refractivity (Wildman–Crippen MR) is 112 cm³/mol. The van der Waals surface area contributed by atoms with Crippen molar-refractivity contribution in [3.05, 3.63) is 59.2 Å². The fourth-order valence-electron chi connectivity index (χ4n) is 3.46. The highest BCUT2D eigenvalue weighted by Crippen LogP contribution is 2.37. The van der Waals surface area contributed by atoms with Crippen LogP contribution in [0.25, 0.3) is 10.9 Å². The van der Waals surface area contributed by atoms with E-state index in [9.17, 15) is 18.0 Å². The molecule has 0 unspecified atom stereocenters. The molecule has 1 aromatic heterocycles. The lowest BCUT2D eigenvalue weighted by molar-refractivity contribution is 0.0602. The highest BCUT2D eigenvalue weighted by Gasteiger charge is 2.36. The molecule has 156 valence electrons. The second-order valence-corrected chi connectivity index (χ2v) is 9.12. The lowest BCUT2D eigenvalue weighted by Gasteiger charge is -2.34. The van der Waals surface area contributed by atoms with E-state index in [1.54, 1.807) is 30.3 Å². The van der Waals surface area contributed by atoms with Crippen molar-refractivity contribution in [2.75, 3.05) is 24.2 Å². The van der Waals surface area contributed by atoms with Crippen LogP contribution in [0, 0.1) is 0 Å². The Labute approximate surface area is 177 Å². The number of benzene rings is 2. The van der Waals surface area contributed by atoms with Gasteiger partial charge in [-0.15, -0.1) is 0 Å². The Morgan fingerprint density at radius 1 is 1.20 bits per heavy atom. The summed E-state index contributed by atoms with van der Waals surface area (Å²) in [7, 11) is -2.44. The lowest BCUT2D eigenvalue weighted by Crippen LogP contribution is -2.48. The number of nitrogens with zero attached hydrogens (tertiary/aromatic N) is 2. The molecule has 30 heavy (non-hydrogen) atoms. The first kappa shape index (κ1) is 20.2. The van der Waals surface area contributed by atoms with E-state index in [0.717, 1.165) is 10.6 Å². The molecule has 1 aliphatic rings. The summed E-state index contributed by atoms with van der Waals surface area (Å²) in [6.45, 7) is -0.231. The fourth-order valence-corrected chi connectivity index (χ4v) is 4.53. The first-order chi connectivity index (χ1) is 14.2. The van der Waals surface area contributed by atoms with Gasteiger partial charge in [0.05, 0.1) is 36.7 Å². The number of esters is 1. The van der Waals surface area contributed by atoms with Crippen molar-refractivity contribution in [2.24, 2.45) is 0 Å². The molecule has 0 fully saturated rings. The first-order valence-corrected chi connectivity index (χ1v) is 11.1. The molecule has 2 aromatic carbocycles. The maximum absolute atomic E-state index is 13.3. The molecule has 0 bridgehead atoms. The maximum atomic E-state index is 13.3. The van der Waals surface area contributed by atoms with Gasteiger partial charge < -0.3 is 9.47 Å². The molecule has 1 atom stereocenters. The van der Waals surface area contributed by atoms with Crippen molar-refractivity contribution in [3.63, 3.8) is 0 Å². The van der Waals surface area contributed by atoms with Crippen molar-refractivity contribution < 1.29 is 27.5 Å². The van der Waals surface area contributed by atoms with E-state index in [0.29, 0.717) is 15.9 Å². The van der Waals surface area contributed by atoms with Gasteiger partial charge >= 0.3 is 5.97 Å². The number of aromatic nitrogens is 1. The van der Waals surface area contributed by atoms with Gasteiger partial charge in [-0.1, -0.05) is 29.8 Å². The number of sulfonamides is 1. The second kappa shape index (κ2) is 7.33. The molecule has 0 aliphatic carbocycles. The number of carbonyl (C=O) groups is 2. The van der Waals surface area contributed by atoms with Crippen LogP contribution >= 0.6 is 11.6 Å². The number of anilines is 1. The van der Waals surface area contributed by atoms with Crippen LogP contribution in [0.3, 0.4) is 0 Å². The molecule has 0 N–H and O–H groups in total. The van der Waals surface area contributed by atoms with E-state index >= 15 is 0 Å². The number of hydrogen-bond donors (Lipinski definition) is 0. The summed E-state index contributed by atoms with van der Waals surface area (Å²) in [5.74, 6) is -0.880. The molecule has 0 spiro atoms. The Kier molecular flexibility index (Phi) is 4.95. The lowest BCUT2D eigenvalue weighted by atomic mass is 10.2. The number of halogens is 1. The van der Waals surface area contributed by atoms with Gasteiger partial charge in [-0.05, 0) is 24.3 Å². The van der Waals surface area contributed by atoms with Crippen LogP contribution in [0.1, 0.15) is 15.2 Å². The largest absolute Gasteiger partial charge is 0.476 e. The molecular weight excluding hydrogens is 432 g/mol. The van der Waals surface area contributed by atoms with Gasteiger partial charge in [0.1, 0.15) is 5.75 Å². The number of methoxy groups -OCH3 is 1. The van der Waals surface area contributed by atoms with E-state index in [1.807, 2.05) is 0 Å². The minimum atomic E-state index is -3.70. The Hall–Kier alpha value is -3.04. The second-order valence-electron chi connectivity index (χ2n) is 6.77. The molecule has 1 aliphatic heterocycles. The Balaban J connectivity index is 1.79. The smallest absolute Gasteiger partial charge is 0.340 e. The van der Waals surface area contributed by atoms with Gasteiger partial charge in [0, 0.05) is 16.6 Å². The van der Waals surface area contributed by atoms with Crippen LogP contribution in [0.2, 0.25) is 5.02 Å². The molecule has 0 saturated heterocycles. The minimum absolute atomic E-state index is 0.221. The van der Waals surface area contributed by atoms with Crippen molar-refractivity contribution in [1.29, 1.82) is 0 Å². The van der Waals surface area contributed by atoms with Gasteiger partial charge in [0.15, 0.2) is 6.10 Å². The van der Waals surface area contributed by atoms with Crippen molar-refractivity contribution >= 4 is 50.1 Å². The molecule has 8 nitrogen and oxygen atoms in total. The normalized spacial score (nSPS) is 16.1. The number of ether oxygens (including phenoxy) is 2. The Morgan fingerprint density at radius 3 is 2.63 bits per heavy atom. The molecule has 4 rings (SSSR count). The first-order valence-electron chi connectivity index (χ1n) is 8.87. The monoisotopic (exact) mass is 448 g/mol. The molecule has 0 amide bonds.